The summed E-state index contributed by atoms with van der Waals surface area (Å²) in [5.41, 5.74) is 1.26. The van der Waals surface area contributed by atoms with Crippen molar-refractivity contribution in [1.82, 2.24) is 15.1 Å². The van der Waals surface area contributed by atoms with E-state index in [1.54, 1.807) is 0 Å². The standard InChI is InChI=1S/C10H19N3S/c1-9(11-5-4-6-14-3)10-7-12-13(2)8-10/h7-9,11H,4-6H2,1-3H3. The van der Waals surface area contributed by atoms with Crippen molar-refractivity contribution in [2.75, 3.05) is 18.6 Å². The lowest BCUT2D eigenvalue weighted by atomic mass is 10.2. The van der Waals surface area contributed by atoms with Crippen LogP contribution in [-0.4, -0.2) is 28.3 Å². The number of nitrogens with zero attached hydrogens (tertiary/aromatic N) is 2. The van der Waals surface area contributed by atoms with E-state index in [0.717, 1.165) is 6.54 Å². The Morgan fingerprint density at radius 3 is 3.00 bits per heavy atom. The fourth-order valence-electron chi connectivity index (χ4n) is 1.32. The van der Waals surface area contributed by atoms with Crippen molar-refractivity contribution in [3.63, 3.8) is 0 Å². The summed E-state index contributed by atoms with van der Waals surface area (Å²) in [4.78, 5) is 0. The molecule has 0 fully saturated rings. The SMILES string of the molecule is CSCCCNC(C)c1cnn(C)c1. The first kappa shape index (κ1) is 11.6. The Morgan fingerprint density at radius 1 is 1.64 bits per heavy atom. The minimum absolute atomic E-state index is 0.408. The van der Waals surface area contributed by atoms with E-state index < -0.39 is 0 Å². The zero-order valence-electron chi connectivity index (χ0n) is 9.16. The van der Waals surface area contributed by atoms with Crippen molar-refractivity contribution in [2.24, 2.45) is 7.05 Å². The van der Waals surface area contributed by atoms with E-state index in [1.807, 2.05) is 29.7 Å². The highest BCUT2D eigenvalue weighted by molar-refractivity contribution is 7.98. The fourth-order valence-corrected chi connectivity index (χ4v) is 1.75. The van der Waals surface area contributed by atoms with Gasteiger partial charge in [-0.1, -0.05) is 0 Å². The summed E-state index contributed by atoms with van der Waals surface area (Å²) in [6, 6.07) is 0.408. The van der Waals surface area contributed by atoms with Crippen molar-refractivity contribution in [2.45, 2.75) is 19.4 Å². The van der Waals surface area contributed by atoms with E-state index in [0.29, 0.717) is 6.04 Å². The van der Waals surface area contributed by atoms with Gasteiger partial charge >= 0.3 is 0 Å². The van der Waals surface area contributed by atoms with E-state index in [9.17, 15) is 0 Å². The number of nitrogens with one attached hydrogen (secondary N) is 1. The topological polar surface area (TPSA) is 29.9 Å². The van der Waals surface area contributed by atoms with Gasteiger partial charge in [0.15, 0.2) is 0 Å². The molecule has 0 spiro atoms. The van der Waals surface area contributed by atoms with Crippen LogP contribution in [0.15, 0.2) is 12.4 Å². The Labute approximate surface area is 90.3 Å². The van der Waals surface area contributed by atoms with Crippen LogP contribution in [-0.2, 0) is 7.05 Å². The van der Waals surface area contributed by atoms with E-state index in [1.165, 1.54) is 17.7 Å². The Balaban J connectivity index is 2.25. The number of aromatic nitrogens is 2. The number of hydrogen-bond acceptors (Lipinski definition) is 3. The maximum absolute atomic E-state index is 4.15. The third kappa shape index (κ3) is 3.72. The normalized spacial score (nSPS) is 13.1. The van der Waals surface area contributed by atoms with Crippen LogP contribution >= 0.6 is 11.8 Å². The average molecular weight is 213 g/mol. The molecule has 0 saturated heterocycles. The van der Waals surface area contributed by atoms with Gasteiger partial charge in [-0.2, -0.15) is 16.9 Å². The van der Waals surface area contributed by atoms with Crippen LogP contribution < -0.4 is 5.32 Å². The van der Waals surface area contributed by atoms with E-state index >= 15 is 0 Å². The van der Waals surface area contributed by atoms with Crippen LogP contribution in [0, 0.1) is 0 Å². The summed E-state index contributed by atoms with van der Waals surface area (Å²) in [5, 5.41) is 7.64. The summed E-state index contributed by atoms with van der Waals surface area (Å²) in [6.45, 7) is 3.26. The molecular weight excluding hydrogens is 194 g/mol. The molecule has 1 atom stereocenters. The highest BCUT2D eigenvalue weighted by atomic mass is 32.2. The van der Waals surface area contributed by atoms with Crippen molar-refractivity contribution in [3.05, 3.63) is 18.0 Å². The zero-order chi connectivity index (χ0) is 10.4. The Morgan fingerprint density at radius 2 is 2.43 bits per heavy atom. The molecule has 0 aromatic carbocycles. The average Bonchev–Trinajstić information content (AvgIpc) is 2.59. The van der Waals surface area contributed by atoms with E-state index in [2.05, 4.69) is 29.8 Å². The molecule has 1 N–H and O–H groups in total. The highest BCUT2D eigenvalue weighted by Crippen LogP contribution is 2.09. The first-order chi connectivity index (χ1) is 6.74. The Hall–Kier alpha value is -0.480. The number of aryl methyl sites for hydroxylation is 1. The fraction of sp³-hybridized carbons (Fsp3) is 0.700. The molecular formula is C10H19N3S. The minimum Gasteiger partial charge on any atom is -0.310 e. The lowest BCUT2D eigenvalue weighted by Crippen LogP contribution is -2.19. The Bertz CT molecular complexity index is 260. The predicted molar refractivity (Wildman–Crippen MR) is 62.6 cm³/mol. The zero-order valence-corrected chi connectivity index (χ0v) is 9.97. The van der Waals surface area contributed by atoms with Crippen molar-refractivity contribution < 1.29 is 0 Å². The van der Waals surface area contributed by atoms with Gasteiger partial charge in [-0.25, -0.2) is 0 Å². The molecule has 0 amide bonds. The van der Waals surface area contributed by atoms with Gasteiger partial charge in [0.05, 0.1) is 6.20 Å². The van der Waals surface area contributed by atoms with Gasteiger partial charge in [0, 0.05) is 24.8 Å². The van der Waals surface area contributed by atoms with Crippen molar-refractivity contribution in [3.8, 4) is 0 Å². The molecule has 14 heavy (non-hydrogen) atoms. The van der Waals surface area contributed by atoms with Crippen LogP contribution in [0.25, 0.3) is 0 Å². The second-order valence-corrected chi connectivity index (χ2v) is 4.46. The summed E-state index contributed by atoms with van der Waals surface area (Å²) in [5.74, 6) is 1.23. The molecule has 0 bridgehead atoms. The second kappa shape index (κ2) is 6.09. The molecule has 1 rings (SSSR count). The predicted octanol–water partition coefficient (Wildman–Crippen LogP) is 1.82. The smallest absolute Gasteiger partial charge is 0.0537 e. The van der Waals surface area contributed by atoms with Crippen molar-refractivity contribution in [1.29, 1.82) is 0 Å². The van der Waals surface area contributed by atoms with E-state index in [4.69, 9.17) is 0 Å². The highest BCUT2D eigenvalue weighted by Gasteiger charge is 2.05. The lowest BCUT2D eigenvalue weighted by Gasteiger charge is -2.11. The van der Waals surface area contributed by atoms with E-state index in [-0.39, 0.29) is 0 Å². The van der Waals surface area contributed by atoms with Gasteiger partial charge in [-0.15, -0.1) is 0 Å². The molecule has 0 aliphatic carbocycles. The molecule has 0 aliphatic rings. The largest absolute Gasteiger partial charge is 0.310 e. The van der Waals surface area contributed by atoms with Gasteiger partial charge < -0.3 is 5.32 Å². The molecule has 0 radical (unpaired) electrons. The molecule has 0 aliphatic heterocycles. The molecule has 1 aromatic heterocycles. The monoisotopic (exact) mass is 213 g/mol. The molecule has 1 aromatic rings. The summed E-state index contributed by atoms with van der Waals surface area (Å²) in [6.07, 6.45) is 7.36. The van der Waals surface area contributed by atoms with Gasteiger partial charge in [-0.05, 0) is 31.9 Å². The molecule has 0 saturated carbocycles. The summed E-state index contributed by atoms with van der Waals surface area (Å²) >= 11 is 1.90. The van der Waals surface area contributed by atoms with Crippen LogP contribution in [0.3, 0.4) is 0 Å². The lowest BCUT2D eigenvalue weighted by molar-refractivity contribution is 0.572. The number of hydrogen-bond donors (Lipinski definition) is 1. The number of thioether (sulfide) groups is 1. The molecule has 1 heterocycles. The van der Waals surface area contributed by atoms with Crippen LogP contribution in [0.5, 0.6) is 0 Å². The van der Waals surface area contributed by atoms with Crippen LogP contribution in [0.4, 0.5) is 0 Å². The molecule has 3 nitrogen and oxygen atoms in total. The minimum atomic E-state index is 0.408. The first-order valence-corrected chi connectivity index (χ1v) is 6.34. The van der Waals surface area contributed by atoms with Gasteiger partial charge in [-0.3, -0.25) is 4.68 Å². The molecule has 4 heteroatoms. The van der Waals surface area contributed by atoms with Crippen molar-refractivity contribution >= 4 is 11.8 Å². The molecule has 80 valence electrons. The summed E-state index contributed by atoms with van der Waals surface area (Å²) in [7, 11) is 1.95. The van der Waals surface area contributed by atoms with Crippen LogP contribution in [0.2, 0.25) is 0 Å². The maximum Gasteiger partial charge on any atom is 0.0537 e. The maximum atomic E-state index is 4.15. The third-order valence-electron chi connectivity index (χ3n) is 2.20. The van der Waals surface area contributed by atoms with Gasteiger partial charge in [0.1, 0.15) is 0 Å². The second-order valence-electron chi connectivity index (χ2n) is 3.47. The van der Waals surface area contributed by atoms with Gasteiger partial charge in [0.25, 0.3) is 0 Å². The van der Waals surface area contributed by atoms with Crippen LogP contribution in [0.1, 0.15) is 24.9 Å². The van der Waals surface area contributed by atoms with Gasteiger partial charge in [0.2, 0.25) is 0 Å². The third-order valence-corrected chi connectivity index (χ3v) is 2.90. The molecule has 1 unspecified atom stereocenters. The Kier molecular flexibility index (Phi) is 5.04. The first-order valence-electron chi connectivity index (χ1n) is 4.95. The number of rotatable bonds is 6. The quantitative estimate of drug-likeness (QED) is 0.731. The summed E-state index contributed by atoms with van der Waals surface area (Å²) < 4.78 is 1.84.